The van der Waals surface area contributed by atoms with Crippen molar-refractivity contribution in [2.24, 2.45) is 0 Å². The Bertz CT molecular complexity index is 872. The van der Waals surface area contributed by atoms with Gasteiger partial charge in [-0.15, -0.1) is 0 Å². The monoisotopic (exact) mass is 428 g/mol. The molecule has 0 atom stereocenters. The highest BCUT2D eigenvalue weighted by Gasteiger charge is 2.08. The summed E-state index contributed by atoms with van der Waals surface area (Å²) in [6, 6.07) is 19.9. The van der Waals surface area contributed by atoms with E-state index in [0.717, 1.165) is 0 Å². The Hall–Kier alpha value is -2.55. The van der Waals surface area contributed by atoms with Gasteiger partial charge in [-0.2, -0.15) is 0 Å². The van der Waals surface area contributed by atoms with Crippen LogP contribution in [0, 0.1) is 24.4 Å². The van der Waals surface area contributed by atoms with Crippen LogP contribution in [0.25, 0.3) is 0 Å². The highest BCUT2D eigenvalue weighted by Crippen LogP contribution is 2.20. The van der Waals surface area contributed by atoms with Gasteiger partial charge in [0.05, 0.1) is 0 Å². The van der Waals surface area contributed by atoms with Crippen molar-refractivity contribution in [3.05, 3.63) is 106 Å². The first-order chi connectivity index (χ1) is 14.5. The third-order valence-electron chi connectivity index (χ3n) is 4.97. The van der Waals surface area contributed by atoms with Crippen molar-refractivity contribution in [2.45, 2.75) is 66.2 Å². The van der Waals surface area contributed by atoms with Crippen LogP contribution >= 0.6 is 0 Å². The van der Waals surface area contributed by atoms with E-state index in [1.807, 2.05) is 32.0 Å². The van der Waals surface area contributed by atoms with E-state index in [1.54, 1.807) is 0 Å². The fraction of sp³-hybridized carbons (Fsp3) is 0.357. The first kappa shape index (κ1) is 26.5. The van der Waals surface area contributed by atoms with E-state index in [9.17, 15) is 13.2 Å². The molecule has 0 spiro atoms. The van der Waals surface area contributed by atoms with Crippen LogP contribution in [-0.2, 0) is 0 Å². The minimum absolute atomic E-state index is 0.0967. The van der Waals surface area contributed by atoms with Crippen molar-refractivity contribution in [2.75, 3.05) is 0 Å². The number of halogens is 3. The molecule has 0 bridgehead atoms. The van der Waals surface area contributed by atoms with Gasteiger partial charge in [-0.3, -0.25) is 0 Å². The number of hydrogen-bond donors (Lipinski definition) is 0. The Balaban J connectivity index is 0.000000235. The lowest BCUT2D eigenvalue weighted by Gasteiger charge is -2.07. The molecule has 3 aromatic rings. The highest BCUT2D eigenvalue weighted by molar-refractivity contribution is 5.27. The summed E-state index contributed by atoms with van der Waals surface area (Å²) in [6.07, 6.45) is 0. The molecule has 0 aliphatic rings. The lowest BCUT2D eigenvalue weighted by Crippen LogP contribution is -1.94. The predicted octanol–water partition coefficient (Wildman–Crippen LogP) is 9.16. The summed E-state index contributed by atoms with van der Waals surface area (Å²) >= 11 is 0. The molecule has 31 heavy (non-hydrogen) atoms. The van der Waals surface area contributed by atoms with Gasteiger partial charge in [0.2, 0.25) is 0 Å². The lowest BCUT2D eigenvalue weighted by molar-refractivity contribution is 0.562. The van der Waals surface area contributed by atoms with Crippen molar-refractivity contribution in [1.82, 2.24) is 0 Å². The normalized spacial score (nSPS) is 10.5. The summed E-state index contributed by atoms with van der Waals surface area (Å²) in [6.45, 7) is 13.8. The summed E-state index contributed by atoms with van der Waals surface area (Å²) in [7, 11) is 0. The second-order valence-corrected chi connectivity index (χ2v) is 8.54. The van der Waals surface area contributed by atoms with E-state index >= 15 is 0 Å². The Labute approximate surface area is 186 Å². The number of benzene rings is 3. The minimum atomic E-state index is -0.460. The lowest BCUT2D eigenvalue weighted by atomic mass is 10.0. The molecule has 0 saturated heterocycles. The van der Waals surface area contributed by atoms with Crippen LogP contribution in [-0.4, -0.2) is 0 Å². The Morgan fingerprint density at radius 2 is 0.903 bits per heavy atom. The molecule has 3 heteroatoms. The van der Waals surface area contributed by atoms with E-state index in [-0.39, 0.29) is 17.3 Å². The van der Waals surface area contributed by atoms with Gasteiger partial charge in [-0.1, -0.05) is 84.0 Å². The zero-order valence-corrected chi connectivity index (χ0v) is 19.7. The van der Waals surface area contributed by atoms with E-state index in [1.165, 1.54) is 42.3 Å². The molecule has 0 amide bonds. The van der Waals surface area contributed by atoms with E-state index in [0.29, 0.717) is 17.4 Å². The van der Waals surface area contributed by atoms with Gasteiger partial charge < -0.3 is 0 Å². The first-order valence-electron chi connectivity index (χ1n) is 10.8. The Morgan fingerprint density at radius 3 is 1.26 bits per heavy atom. The number of rotatable bonds is 3. The summed E-state index contributed by atoms with van der Waals surface area (Å²) < 4.78 is 38.3. The zero-order valence-electron chi connectivity index (χ0n) is 19.7. The molecular formula is C28H35F3. The van der Waals surface area contributed by atoms with Gasteiger partial charge in [0.15, 0.2) is 0 Å². The minimum Gasteiger partial charge on any atom is -0.207 e. The maximum atomic E-state index is 13.0. The second-order valence-electron chi connectivity index (χ2n) is 8.54. The van der Waals surface area contributed by atoms with Gasteiger partial charge in [-0.05, 0) is 65.6 Å². The van der Waals surface area contributed by atoms with Crippen molar-refractivity contribution in [3.63, 3.8) is 0 Å². The fourth-order valence-corrected chi connectivity index (χ4v) is 2.68. The van der Waals surface area contributed by atoms with Crippen LogP contribution in [0.1, 0.15) is 81.5 Å². The molecule has 0 radical (unpaired) electrons. The van der Waals surface area contributed by atoms with E-state index in [2.05, 4.69) is 52.0 Å². The Kier molecular flexibility index (Phi) is 11.1. The van der Waals surface area contributed by atoms with Crippen LogP contribution in [0.15, 0.2) is 66.7 Å². The highest BCUT2D eigenvalue weighted by atomic mass is 19.1. The molecule has 3 aromatic carbocycles. The largest absolute Gasteiger partial charge is 0.207 e. The fourth-order valence-electron chi connectivity index (χ4n) is 2.68. The van der Waals surface area contributed by atoms with Crippen molar-refractivity contribution in [1.29, 1.82) is 0 Å². The molecule has 0 aliphatic heterocycles. The Morgan fingerprint density at radius 1 is 0.516 bits per heavy atom. The van der Waals surface area contributed by atoms with Crippen LogP contribution in [0.4, 0.5) is 13.2 Å². The molecule has 0 fully saturated rings. The van der Waals surface area contributed by atoms with Crippen molar-refractivity contribution >= 4 is 0 Å². The SMILES string of the molecule is CC(C)c1ccc(F)cc1.CC(C)c1ccccc1.Cc1c(F)cc(C(C)C)cc1F. The van der Waals surface area contributed by atoms with Crippen molar-refractivity contribution < 1.29 is 13.2 Å². The molecule has 0 unspecified atom stereocenters. The molecule has 0 aliphatic carbocycles. The van der Waals surface area contributed by atoms with Crippen LogP contribution in [0.2, 0.25) is 0 Å². The maximum Gasteiger partial charge on any atom is 0.129 e. The third kappa shape index (κ3) is 9.42. The van der Waals surface area contributed by atoms with Gasteiger partial charge >= 0.3 is 0 Å². The first-order valence-corrected chi connectivity index (χ1v) is 10.8. The number of hydrogen-bond acceptors (Lipinski definition) is 0. The zero-order chi connectivity index (χ0) is 23.6. The standard InChI is InChI=1S/C10H12F2.C9H11F.C9H12/c1-6(2)8-4-9(11)7(3)10(12)5-8;1-7(2)8-3-5-9(10)6-4-8;1-8(2)9-6-4-3-5-7-9/h4-6H,1-3H3;3-7H,1-2H3;3-8H,1-2H3. The molecule has 0 nitrogen and oxygen atoms in total. The van der Waals surface area contributed by atoms with Gasteiger partial charge in [-0.25, -0.2) is 13.2 Å². The molecule has 0 saturated carbocycles. The average molecular weight is 429 g/mol. The van der Waals surface area contributed by atoms with E-state index in [4.69, 9.17) is 0 Å². The summed E-state index contributed by atoms with van der Waals surface area (Å²) in [5.74, 6) is 0.225. The summed E-state index contributed by atoms with van der Waals surface area (Å²) in [5, 5.41) is 0. The summed E-state index contributed by atoms with van der Waals surface area (Å²) in [4.78, 5) is 0. The predicted molar refractivity (Wildman–Crippen MR) is 126 cm³/mol. The molecule has 168 valence electrons. The van der Waals surface area contributed by atoms with Crippen LogP contribution < -0.4 is 0 Å². The van der Waals surface area contributed by atoms with Crippen molar-refractivity contribution in [3.8, 4) is 0 Å². The van der Waals surface area contributed by atoms with E-state index < -0.39 is 11.6 Å². The van der Waals surface area contributed by atoms with Gasteiger partial charge in [0.1, 0.15) is 17.5 Å². The molecule has 0 aromatic heterocycles. The smallest absolute Gasteiger partial charge is 0.129 e. The molecule has 0 N–H and O–H groups in total. The molecular weight excluding hydrogens is 393 g/mol. The van der Waals surface area contributed by atoms with Crippen LogP contribution in [0.3, 0.4) is 0 Å². The molecule has 3 rings (SSSR count). The quantitative estimate of drug-likeness (QED) is 0.390. The average Bonchev–Trinajstić information content (AvgIpc) is 2.73. The maximum absolute atomic E-state index is 13.0. The van der Waals surface area contributed by atoms with Gasteiger partial charge in [0, 0.05) is 5.56 Å². The second kappa shape index (κ2) is 13.0. The molecule has 0 heterocycles. The third-order valence-corrected chi connectivity index (χ3v) is 4.97. The topological polar surface area (TPSA) is 0 Å². The van der Waals surface area contributed by atoms with Crippen LogP contribution in [0.5, 0.6) is 0 Å². The summed E-state index contributed by atoms with van der Waals surface area (Å²) in [5.41, 5.74) is 3.40. The van der Waals surface area contributed by atoms with Gasteiger partial charge in [0.25, 0.3) is 0 Å².